The van der Waals surface area contributed by atoms with Gasteiger partial charge in [0.15, 0.2) is 0 Å². The molecule has 34 heavy (non-hydrogen) atoms. The van der Waals surface area contributed by atoms with Gasteiger partial charge in [0.05, 0.1) is 17.9 Å². The summed E-state index contributed by atoms with van der Waals surface area (Å²) in [4.78, 5) is 32.2. The maximum absolute atomic E-state index is 13.3. The number of carbonyl (C=O) groups is 2. The summed E-state index contributed by atoms with van der Waals surface area (Å²) >= 11 is 6.03. The van der Waals surface area contributed by atoms with Gasteiger partial charge in [-0.25, -0.2) is 0 Å². The largest absolute Gasteiger partial charge is 0.507 e. The van der Waals surface area contributed by atoms with E-state index in [-0.39, 0.29) is 17.3 Å². The van der Waals surface area contributed by atoms with Crippen LogP contribution in [-0.2, 0) is 9.59 Å². The molecule has 7 heteroatoms. The van der Waals surface area contributed by atoms with Gasteiger partial charge in [-0.05, 0) is 73.0 Å². The van der Waals surface area contributed by atoms with Crippen LogP contribution in [0, 0.1) is 0 Å². The fourth-order valence-electron chi connectivity index (χ4n) is 4.11. The zero-order valence-electron chi connectivity index (χ0n) is 19.2. The average Bonchev–Trinajstić information content (AvgIpc) is 3.10. The summed E-state index contributed by atoms with van der Waals surface area (Å²) in [6, 6.07) is 16.2. The van der Waals surface area contributed by atoms with Crippen LogP contribution < -0.4 is 9.64 Å². The highest BCUT2D eigenvalue weighted by Crippen LogP contribution is 2.42. The number of halogens is 1. The molecule has 0 spiro atoms. The molecule has 6 nitrogen and oxygen atoms in total. The molecule has 174 valence electrons. The van der Waals surface area contributed by atoms with Crippen LogP contribution in [0.3, 0.4) is 0 Å². The van der Waals surface area contributed by atoms with Crippen molar-refractivity contribution >= 4 is 34.7 Å². The van der Waals surface area contributed by atoms with Crippen molar-refractivity contribution in [3.05, 3.63) is 94.3 Å². The first-order valence-electron chi connectivity index (χ1n) is 11.1. The SMILES string of the molecule is CCOc1ccc(/C(O)=C2/C(=O)C(=O)N(c3ccc(Cl)cc3)C2c2ccccn2)cc1C(C)C. The van der Waals surface area contributed by atoms with Crippen molar-refractivity contribution in [1.82, 2.24) is 4.98 Å². The molecule has 1 aliphatic heterocycles. The van der Waals surface area contributed by atoms with Gasteiger partial charge in [0.25, 0.3) is 11.7 Å². The van der Waals surface area contributed by atoms with Crippen LogP contribution in [0.4, 0.5) is 5.69 Å². The lowest BCUT2D eigenvalue weighted by molar-refractivity contribution is -0.132. The van der Waals surface area contributed by atoms with Crippen molar-refractivity contribution in [2.45, 2.75) is 32.7 Å². The van der Waals surface area contributed by atoms with Crippen LogP contribution >= 0.6 is 11.6 Å². The third-order valence-electron chi connectivity index (χ3n) is 5.72. The number of ketones is 1. The molecule has 1 amide bonds. The van der Waals surface area contributed by atoms with Gasteiger partial charge in [-0.1, -0.05) is 31.5 Å². The second-order valence-electron chi connectivity index (χ2n) is 8.24. The highest BCUT2D eigenvalue weighted by atomic mass is 35.5. The van der Waals surface area contributed by atoms with Crippen molar-refractivity contribution < 1.29 is 19.4 Å². The van der Waals surface area contributed by atoms with Crippen molar-refractivity contribution in [3.63, 3.8) is 0 Å². The van der Waals surface area contributed by atoms with Gasteiger partial charge in [-0.3, -0.25) is 19.5 Å². The number of benzene rings is 2. The molecule has 4 rings (SSSR count). The molecule has 1 N–H and O–H groups in total. The van der Waals surface area contributed by atoms with Crippen LogP contribution in [0.15, 0.2) is 72.4 Å². The van der Waals surface area contributed by atoms with E-state index in [2.05, 4.69) is 4.98 Å². The van der Waals surface area contributed by atoms with Crippen LogP contribution in [0.1, 0.15) is 49.6 Å². The Labute approximate surface area is 203 Å². The molecule has 1 fully saturated rings. The summed E-state index contributed by atoms with van der Waals surface area (Å²) < 4.78 is 5.72. The Balaban J connectivity index is 1.91. The number of pyridine rings is 1. The number of anilines is 1. The summed E-state index contributed by atoms with van der Waals surface area (Å²) in [6.45, 7) is 6.46. The number of aliphatic hydroxyl groups is 1. The Bertz CT molecular complexity index is 1250. The standard InChI is InChI=1S/C27H25ClN2O4/c1-4-34-22-13-8-17(15-20(22)16(2)3)25(31)23-24(21-7-5-6-14-29-21)30(27(33)26(23)32)19-11-9-18(28)10-12-19/h5-16,24,31H,4H2,1-3H3/b25-23-. The predicted octanol–water partition coefficient (Wildman–Crippen LogP) is 5.88. The lowest BCUT2D eigenvalue weighted by atomic mass is 9.94. The molecule has 2 aromatic carbocycles. The van der Waals surface area contributed by atoms with E-state index in [0.717, 1.165) is 11.3 Å². The first-order valence-corrected chi connectivity index (χ1v) is 11.5. The van der Waals surface area contributed by atoms with E-state index in [1.807, 2.05) is 20.8 Å². The Hall–Kier alpha value is -3.64. The second-order valence-corrected chi connectivity index (χ2v) is 8.68. The van der Waals surface area contributed by atoms with Crippen LogP contribution in [0.5, 0.6) is 5.75 Å². The zero-order chi connectivity index (χ0) is 24.4. The van der Waals surface area contributed by atoms with Crippen LogP contribution in [0.2, 0.25) is 5.02 Å². The lowest BCUT2D eigenvalue weighted by Gasteiger charge is -2.24. The quantitative estimate of drug-likeness (QED) is 0.273. The third kappa shape index (κ3) is 4.29. The number of aliphatic hydroxyl groups excluding tert-OH is 1. The first-order chi connectivity index (χ1) is 16.3. The average molecular weight is 477 g/mol. The molecule has 1 saturated heterocycles. The van der Waals surface area contributed by atoms with E-state index < -0.39 is 17.7 Å². The van der Waals surface area contributed by atoms with Crippen molar-refractivity contribution in [2.75, 3.05) is 11.5 Å². The number of nitrogens with zero attached hydrogens (tertiary/aromatic N) is 2. The third-order valence-corrected chi connectivity index (χ3v) is 5.97. The van der Waals surface area contributed by atoms with Gasteiger partial charge < -0.3 is 9.84 Å². The minimum Gasteiger partial charge on any atom is -0.507 e. The van der Waals surface area contributed by atoms with Gasteiger partial charge in [0.1, 0.15) is 17.6 Å². The number of Topliss-reactive ketones (excluding diaryl/α,β-unsaturated/α-hetero) is 1. The number of aromatic nitrogens is 1. The predicted molar refractivity (Wildman–Crippen MR) is 132 cm³/mol. The molecule has 0 radical (unpaired) electrons. The van der Waals surface area contributed by atoms with Crippen LogP contribution in [-0.4, -0.2) is 28.4 Å². The minimum absolute atomic E-state index is 0.0162. The molecule has 3 aromatic rings. The Kier molecular flexibility index (Phi) is 6.70. The molecule has 1 unspecified atom stereocenters. The van der Waals surface area contributed by atoms with Gasteiger partial charge in [-0.15, -0.1) is 0 Å². The van der Waals surface area contributed by atoms with Gasteiger partial charge in [0, 0.05) is 22.5 Å². The van der Waals surface area contributed by atoms with E-state index in [9.17, 15) is 14.7 Å². The lowest BCUT2D eigenvalue weighted by Crippen LogP contribution is -2.29. The van der Waals surface area contributed by atoms with Gasteiger partial charge in [-0.2, -0.15) is 0 Å². The Morgan fingerprint density at radius 3 is 2.47 bits per heavy atom. The van der Waals surface area contributed by atoms with E-state index in [0.29, 0.717) is 28.6 Å². The van der Waals surface area contributed by atoms with Crippen molar-refractivity contribution in [1.29, 1.82) is 0 Å². The number of carbonyl (C=O) groups excluding carboxylic acids is 2. The summed E-state index contributed by atoms with van der Waals surface area (Å²) in [6.07, 6.45) is 1.59. The fourth-order valence-corrected chi connectivity index (χ4v) is 4.23. The molecular formula is C27H25ClN2O4. The molecule has 1 atom stereocenters. The minimum atomic E-state index is -0.892. The molecule has 0 bridgehead atoms. The highest BCUT2D eigenvalue weighted by molar-refractivity contribution is 6.51. The van der Waals surface area contributed by atoms with Crippen molar-refractivity contribution in [3.8, 4) is 5.75 Å². The van der Waals surface area contributed by atoms with E-state index in [1.165, 1.54) is 4.90 Å². The number of rotatable bonds is 6. The topological polar surface area (TPSA) is 79.7 Å². The summed E-state index contributed by atoms with van der Waals surface area (Å²) in [7, 11) is 0. The van der Waals surface area contributed by atoms with Gasteiger partial charge in [0.2, 0.25) is 0 Å². The summed E-state index contributed by atoms with van der Waals surface area (Å²) in [5, 5.41) is 11.9. The fraction of sp³-hybridized carbons (Fsp3) is 0.222. The Morgan fingerprint density at radius 2 is 1.85 bits per heavy atom. The molecule has 0 saturated carbocycles. The van der Waals surface area contributed by atoms with Gasteiger partial charge >= 0.3 is 0 Å². The number of amides is 1. The number of hydrogen-bond donors (Lipinski definition) is 1. The smallest absolute Gasteiger partial charge is 0.300 e. The van der Waals surface area contributed by atoms with E-state index >= 15 is 0 Å². The molecule has 1 aliphatic rings. The Morgan fingerprint density at radius 1 is 1.12 bits per heavy atom. The molecule has 2 heterocycles. The summed E-state index contributed by atoms with van der Waals surface area (Å²) in [5.41, 5.74) is 2.26. The first kappa shape index (κ1) is 23.5. The molecular weight excluding hydrogens is 452 g/mol. The second kappa shape index (κ2) is 9.69. The number of ether oxygens (including phenoxy) is 1. The molecule has 1 aromatic heterocycles. The maximum Gasteiger partial charge on any atom is 0.300 e. The van der Waals surface area contributed by atoms with E-state index in [1.54, 1.807) is 66.9 Å². The summed E-state index contributed by atoms with van der Waals surface area (Å²) in [5.74, 6) is -0.928. The van der Waals surface area contributed by atoms with Crippen LogP contribution in [0.25, 0.3) is 5.76 Å². The normalized spacial score (nSPS) is 17.4. The highest BCUT2D eigenvalue weighted by Gasteiger charge is 2.47. The monoisotopic (exact) mass is 476 g/mol. The number of hydrogen-bond acceptors (Lipinski definition) is 5. The molecule has 0 aliphatic carbocycles. The zero-order valence-corrected chi connectivity index (χ0v) is 19.9. The maximum atomic E-state index is 13.3. The van der Waals surface area contributed by atoms with E-state index in [4.69, 9.17) is 16.3 Å². The van der Waals surface area contributed by atoms with Crippen molar-refractivity contribution in [2.24, 2.45) is 0 Å².